The van der Waals surface area contributed by atoms with Crippen LogP contribution in [0.1, 0.15) is 13.8 Å². The third-order valence-corrected chi connectivity index (χ3v) is 2.83. The van der Waals surface area contributed by atoms with E-state index < -0.39 is 29.7 Å². The number of carboxylic acids is 1. The summed E-state index contributed by atoms with van der Waals surface area (Å²) >= 11 is 0. The largest absolute Gasteiger partial charge is 0.481 e. The van der Waals surface area contributed by atoms with Crippen LogP contribution in [-0.4, -0.2) is 24.2 Å². The number of allylic oxidation sites excluding steroid dienone is 1. The zero-order valence-corrected chi connectivity index (χ0v) is 8.57. The summed E-state index contributed by atoms with van der Waals surface area (Å²) in [5.41, 5.74) is -0.426. The van der Waals surface area contributed by atoms with Crippen LogP contribution in [0.25, 0.3) is 0 Å². The van der Waals surface area contributed by atoms with Gasteiger partial charge in [-0.05, 0) is 17.4 Å². The molecule has 0 radical (unpaired) electrons. The molecule has 1 rings (SSSR count). The molecule has 0 saturated heterocycles. The smallest absolute Gasteiger partial charge is 0.307 e. The Labute approximate surface area is 86.7 Å². The van der Waals surface area contributed by atoms with Gasteiger partial charge in [0.25, 0.3) is 6.47 Å². The highest BCUT2D eigenvalue weighted by Gasteiger charge is 2.61. The van der Waals surface area contributed by atoms with Crippen molar-refractivity contribution in [3.63, 3.8) is 0 Å². The van der Waals surface area contributed by atoms with Crippen molar-refractivity contribution in [1.82, 2.24) is 0 Å². The molecule has 2 unspecified atom stereocenters. The SMILES string of the molecule is CC1(C)C(/C=C(\F)COC=O)C1C(=O)O. The van der Waals surface area contributed by atoms with Gasteiger partial charge in [0.2, 0.25) is 0 Å². The van der Waals surface area contributed by atoms with Crippen LogP contribution in [0.15, 0.2) is 11.9 Å². The molecule has 1 fully saturated rings. The van der Waals surface area contributed by atoms with Crippen molar-refractivity contribution >= 4 is 12.4 Å². The van der Waals surface area contributed by atoms with Crippen LogP contribution in [0.2, 0.25) is 0 Å². The highest BCUT2D eigenvalue weighted by atomic mass is 19.1. The van der Waals surface area contributed by atoms with Crippen molar-refractivity contribution in [2.24, 2.45) is 17.3 Å². The lowest BCUT2D eigenvalue weighted by atomic mass is 10.1. The molecule has 84 valence electrons. The highest BCUT2D eigenvalue weighted by Crippen LogP contribution is 2.59. The van der Waals surface area contributed by atoms with Crippen molar-refractivity contribution in [1.29, 1.82) is 0 Å². The number of carbonyl (C=O) groups is 2. The van der Waals surface area contributed by atoms with Crippen LogP contribution in [0.4, 0.5) is 4.39 Å². The molecule has 0 bridgehead atoms. The zero-order chi connectivity index (χ0) is 11.6. The minimum Gasteiger partial charge on any atom is -0.481 e. The summed E-state index contributed by atoms with van der Waals surface area (Å²) in [4.78, 5) is 20.5. The van der Waals surface area contributed by atoms with Crippen molar-refractivity contribution in [3.8, 4) is 0 Å². The molecule has 1 saturated carbocycles. The summed E-state index contributed by atoms with van der Waals surface area (Å²) in [5.74, 6) is -2.42. The molecule has 0 spiro atoms. The van der Waals surface area contributed by atoms with Crippen LogP contribution in [0.5, 0.6) is 0 Å². The van der Waals surface area contributed by atoms with Gasteiger partial charge < -0.3 is 9.84 Å². The average Bonchev–Trinajstić information content (AvgIpc) is 2.64. The maximum absolute atomic E-state index is 13.0. The van der Waals surface area contributed by atoms with Crippen LogP contribution in [0, 0.1) is 17.3 Å². The second-order valence-corrected chi connectivity index (χ2v) is 4.18. The molecule has 0 aliphatic heterocycles. The molecular formula is C10H13FO4. The molecule has 0 amide bonds. The Morgan fingerprint density at radius 3 is 2.60 bits per heavy atom. The molecule has 1 N–H and O–H groups in total. The molecule has 15 heavy (non-hydrogen) atoms. The quantitative estimate of drug-likeness (QED) is 0.705. The summed E-state index contributed by atoms with van der Waals surface area (Å²) in [7, 11) is 0. The maximum Gasteiger partial charge on any atom is 0.307 e. The number of hydrogen-bond donors (Lipinski definition) is 1. The van der Waals surface area contributed by atoms with E-state index in [1.807, 2.05) is 0 Å². The fraction of sp³-hybridized carbons (Fsp3) is 0.600. The molecule has 2 atom stereocenters. The van der Waals surface area contributed by atoms with Crippen molar-refractivity contribution < 1.29 is 23.8 Å². The normalized spacial score (nSPS) is 28.3. The first-order chi connectivity index (χ1) is 6.91. The molecular weight excluding hydrogens is 203 g/mol. The van der Waals surface area contributed by atoms with Crippen molar-refractivity contribution in [2.75, 3.05) is 6.61 Å². The summed E-state index contributed by atoms with van der Waals surface area (Å²) in [6.45, 7) is 3.25. The first kappa shape index (κ1) is 11.7. The van der Waals surface area contributed by atoms with E-state index in [1.54, 1.807) is 13.8 Å². The van der Waals surface area contributed by atoms with Gasteiger partial charge in [-0.1, -0.05) is 13.8 Å². The Balaban J connectivity index is 2.60. The molecule has 1 aliphatic carbocycles. The highest BCUT2D eigenvalue weighted by molar-refractivity contribution is 5.76. The lowest BCUT2D eigenvalue weighted by Gasteiger charge is -1.98. The predicted molar refractivity (Wildman–Crippen MR) is 49.6 cm³/mol. The summed E-state index contributed by atoms with van der Waals surface area (Å²) in [6, 6.07) is 0. The van der Waals surface area contributed by atoms with E-state index >= 15 is 0 Å². The second-order valence-electron chi connectivity index (χ2n) is 4.18. The Bertz CT molecular complexity index is 309. The average molecular weight is 216 g/mol. The maximum atomic E-state index is 13.0. The summed E-state index contributed by atoms with van der Waals surface area (Å²) < 4.78 is 17.3. The number of carboxylic acid groups (broad SMARTS) is 1. The van der Waals surface area contributed by atoms with Crippen molar-refractivity contribution in [3.05, 3.63) is 11.9 Å². The molecule has 0 aromatic heterocycles. The van der Waals surface area contributed by atoms with Gasteiger partial charge in [-0.15, -0.1) is 0 Å². The Morgan fingerprint density at radius 2 is 2.20 bits per heavy atom. The number of ether oxygens (including phenoxy) is 1. The fourth-order valence-electron chi connectivity index (χ4n) is 1.82. The van der Waals surface area contributed by atoms with Crippen molar-refractivity contribution in [2.45, 2.75) is 13.8 Å². The number of carbonyl (C=O) groups excluding carboxylic acids is 1. The van der Waals surface area contributed by atoms with E-state index in [1.165, 1.54) is 6.08 Å². The van der Waals surface area contributed by atoms with Gasteiger partial charge in [0, 0.05) is 0 Å². The molecule has 5 heteroatoms. The van der Waals surface area contributed by atoms with Gasteiger partial charge in [-0.2, -0.15) is 0 Å². The van der Waals surface area contributed by atoms with E-state index in [9.17, 15) is 14.0 Å². The Morgan fingerprint density at radius 1 is 1.60 bits per heavy atom. The van der Waals surface area contributed by atoms with Gasteiger partial charge >= 0.3 is 5.97 Å². The lowest BCUT2D eigenvalue weighted by molar-refractivity contribution is -0.139. The minimum atomic E-state index is -0.926. The molecule has 1 aliphatic rings. The third-order valence-electron chi connectivity index (χ3n) is 2.83. The summed E-state index contributed by atoms with van der Waals surface area (Å²) in [6.07, 6.45) is 1.22. The van der Waals surface area contributed by atoms with Crippen LogP contribution in [0.3, 0.4) is 0 Å². The lowest BCUT2D eigenvalue weighted by Crippen LogP contribution is -2.03. The number of rotatable bonds is 5. The van der Waals surface area contributed by atoms with Gasteiger partial charge in [0.05, 0.1) is 5.92 Å². The van der Waals surface area contributed by atoms with Gasteiger partial charge in [-0.3, -0.25) is 9.59 Å². The second kappa shape index (κ2) is 4.00. The van der Waals surface area contributed by atoms with E-state index in [0.29, 0.717) is 0 Å². The standard InChI is InChI=1S/C10H13FO4/c1-10(2)7(8(10)9(13)14)3-6(11)4-15-5-12/h3,5,7-8H,4H2,1-2H3,(H,13,14)/b6-3-. The summed E-state index contributed by atoms with van der Waals surface area (Å²) in [5, 5.41) is 8.81. The Kier molecular flexibility index (Phi) is 3.12. The number of halogens is 1. The zero-order valence-electron chi connectivity index (χ0n) is 8.57. The monoisotopic (exact) mass is 216 g/mol. The number of hydrogen-bond acceptors (Lipinski definition) is 3. The van der Waals surface area contributed by atoms with E-state index in [2.05, 4.69) is 4.74 Å². The van der Waals surface area contributed by atoms with E-state index in [-0.39, 0.29) is 12.4 Å². The number of aliphatic carboxylic acids is 1. The van der Waals surface area contributed by atoms with Crippen LogP contribution in [-0.2, 0) is 14.3 Å². The fourth-order valence-corrected chi connectivity index (χ4v) is 1.82. The van der Waals surface area contributed by atoms with Gasteiger partial charge in [-0.25, -0.2) is 4.39 Å². The van der Waals surface area contributed by atoms with Crippen LogP contribution < -0.4 is 0 Å². The first-order valence-corrected chi connectivity index (χ1v) is 4.55. The minimum absolute atomic E-state index is 0.153. The molecule has 0 aromatic rings. The van der Waals surface area contributed by atoms with E-state index in [0.717, 1.165) is 0 Å². The molecule has 0 aromatic carbocycles. The van der Waals surface area contributed by atoms with E-state index in [4.69, 9.17) is 5.11 Å². The molecule has 0 heterocycles. The predicted octanol–water partition coefficient (Wildman–Crippen LogP) is 1.37. The Hall–Kier alpha value is -1.39. The van der Waals surface area contributed by atoms with Gasteiger partial charge in [0.1, 0.15) is 12.4 Å². The van der Waals surface area contributed by atoms with Crippen LogP contribution >= 0.6 is 0 Å². The third kappa shape index (κ3) is 2.34. The van der Waals surface area contributed by atoms with Gasteiger partial charge in [0.15, 0.2) is 0 Å². The first-order valence-electron chi connectivity index (χ1n) is 4.55. The molecule has 4 nitrogen and oxygen atoms in total. The topological polar surface area (TPSA) is 63.6 Å².